The molecule has 1 fully saturated rings. The second-order valence-corrected chi connectivity index (χ2v) is 4.98. The highest BCUT2D eigenvalue weighted by atomic mass is 32.2. The van der Waals surface area contributed by atoms with Gasteiger partial charge < -0.3 is 0 Å². The summed E-state index contributed by atoms with van der Waals surface area (Å²) in [4.78, 5) is 13.1. The molecule has 1 saturated heterocycles. The third kappa shape index (κ3) is 3.08. The zero-order chi connectivity index (χ0) is 10.5. The van der Waals surface area contributed by atoms with Crippen LogP contribution in [0, 0.1) is 0 Å². The Morgan fingerprint density at radius 1 is 1.33 bits per heavy atom. The topological polar surface area (TPSA) is 20.3 Å². The number of thioether (sulfide) groups is 1. The maximum Gasteiger partial charge on any atom is 0.150 e. The van der Waals surface area contributed by atoms with E-state index in [4.69, 9.17) is 0 Å². The zero-order valence-electron chi connectivity index (χ0n) is 8.69. The molecule has 0 N–H and O–H groups in total. The monoisotopic (exact) mass is 221 g/mol. The number of benzene rings is 1. The molecule has 3 heteroatoms. The second kappa shape index (κ2) is 5.33. The summed E-state index contributed by atoms with van der Waals surface area (Å²) in [5.74, 6) is 2.46. The molecule has 1 aliphatic heterocycles. The van der Waals surface area contributed by atoms with Crippen LogP contribution in [0.15, 0.2) is 24.3 Å². The highest BCUT2D eigenvalue weighted by Gasteiger charge is 2.10. The minimum absolute atomic E-state index is 0.777. The van der Waals surface area contributed by atoms with Gasteiger partial charge in [0.25, 0.3) is 0 Å². The second-order valence-electron chi connectivity index (χ2n) is 3.75. The summed E-state index contributed by atoms with van der Waals surface area (Å²) in [6, 6.07) is 7.88. The van der Waals surface area contributed by atoms with E-state index in [1.54, 1.807) is 0 Å². The van der Waals surface area contributed by atoms with Crippen molar-refractivity contribution < 1.29 is 4.79 Å². The number of aldehydes is 1. The third-order valence-electron chi connectivity index (χ3n) is 2.60. The van der Waals surface area contributed by atoms with E-state index in [-0.39, 0.29) is 0 Å². The van der Waals surface area contributed by atoms with E-state index in [2.05, 4.69) is 11.0 Å². The molecular formula is C12H15NOS. The summed E-state index contributed by atoms with van der Waals surface area (Å²) in [5, 5.41) is 0. The summed E-state index contributed by atoms with van der Waals surface area (Å²) in [6.07, 6.45) is 0.912. The number of hydrogen-bond donors (Lipinski definition) is 0. The first-order valence-corrected chi connectivity index (χ1v) is 6.38. The average molecular weight is 221 g/mol. The van der Waals surface area contributed by atoms with Crippen molar-refractivity contribution in [2.24, 2.45) is 0 Å². The smallest absolute Gasteiger partial charge is 0.150 e. The van der Waals surface area contributed by atoms with Crippen LogP contribution < -0.4 is 0 Å². The first kappa shape index (κ1) is 10.7. The van der Waals surface area contributed by atoms with Crippen LogP contribution >= 0.6 is 11.8 Å². The predicted molar refractivity (Wildman–Crippen MR) is 64.4 cm³/mol. The van der Waals surface area contributed by atoms with Gasteiger partial charge in [0.15, 0.2) is 0 Å². The summed E-state index contributed by atoms with van der Waals surface area (Å²) in [7, 11) is 0. The van der Waals surface area contributed by atoms with Crippen LogP contribution in [0.1, 0.15) is 15.9 Å². The fraction of sp³-hybridized carbons (Fsp3) is 0.417. The summed E-state index contributed by atoms with van der Waals surface area (Å²) in [6.45, 7) is 3.30. The fourth-order valence-corrected chi connectivity index (χ4v) is 2.76. The van der Waals surface area contributed by atoms with E-state index >= 15 is 0 Å². The fourth-order valence-electron chi connectivity index (χ4n) is 1.78. The van der Waals surface area contributed by atoms with Crippen molar-refractivity contribution in [1.82, 2.24) is 4.90 Å². The number of hydrogen-bond acceptors (Lipinski definition) is 3. The van der Waals surface area contributed by atoms with Crippen LogP contribution in [-0.4, -0.2) is 35.8 Å². The molecule has 1 aliphatic rings. The standard InChI is InChI=1S/C12H15NOS/c14-10-12-3-1-2-11(8-12)9-13-4-6-15-7-5-13/h1-3,8,10H,4-7,9H2. The number of carbonyl (C=O) groups is 1. The lowest BCUT2D eigenvalue weighted by Gasteiger charge is -2.26. The highest BCUT2D eigenvalue weighted by Crippen LogP contribution is 2.13. The molecular weight excluding hydrogens is 206 g/mol. The number of nitrogens with zero attached hydrogens (tertiary/aromatic N) is 1. The Hall–Kier alpha value is -0.800. The van der Waals surface area contributed by atoms with Crippen molar-refractivity contribution in [2.45, 2.75) is 6.54 Å². The van der Waals surface area contributed by atoms with Crippen LogP contribution in [0.4, 0.5) is 0 Å². The maximum absolute atomic E-state index is 10.6. The first-order chi connectivity index (χ1) is 7.38. The van der Waals surface area contributed by atoms with Gasteiger partial charge in [0.05, 0.1) is 0 Å². The van der Waals surface area contributed by atoms with Crippen molar-refractivity contribution in [3.8, 4) is 0 Å². The Kier molecular flexibility index (Phi) is 3.80. The van der Waals surface area contributed by atoms with Crippen LogP contribution in [0.2, 0.25) is 0 Å². The van der Waals surface area contributed by atoms with Crippen LogP contribution in [0.25, 0.3) is 0 Å². The van der Waals surface area contributed by atoms with Crippen LogP contribution in [0.5, 0.6) is 0 Å². The molecule has 0 radical (unpaired) electrons. The van der Waals surface area contributed by atoms with Crippen LogP contribution in [0.3, 0.4) is 0 Å². The van der Waals surface area contributed by atoms with Gasteiger partial charge in [-0.15, -0.1) is 0 Å². The lowest BCUT2D eigenvalue weighted by Crippen LogP contribution is -2.31. The van der Waals surface area contributed by atoms with E-state index in [0.29, 0.717) is 0 Å². The number of rotatable bonds is 3. The Morgan fingerprint density at radius 3 is 2.87 bits per heavy atom. The van der Waals surface area contributed by atoms with Crippen molar-refractivity contribution in [3.05, 3.63) is 35.4 Å². The number of carbonyl (C=O) groups excluding carboxylic acids is 1. The van der Waals surface area contributed by atoms with Crippen molar-refractivity contribution >= 4 is 18.0 Å². The molecule has 15 heavy (non-hydrogen) atoms. The average Bonchev–Trinajstić information content (AvgIpc) is 2.31. The predicted octanol–water partition coefficient (Wildman–Crippen LogP) is 2.05. The minimum Gasteiger partial charge on any atom is -0.298 e. The first-order valence-electron chi connectivity index (χ1n) is 5.23. The van der Waals surface area contributed by atoms with Gasteiger partial charge >= 0.3 is 0 Å². The lowest BCUT2D eigenvalue weighted by molar-refractivity contribution is 0.112. The molecule has 2 nitrogen and oxygen atoms in total. The molecule has 0 atom stereocenters. The van der Waals surface area contributed by atoms with Crippen molar-refractivity contribution in [2.75, 3.05) is 24.6 Å². The third-order valence-corrected chi connectivity index (χ3v) is 3.54. The van der Waals surface area contributed by atoms with E-state index in [0.717, 1.165) is 31.5 Å². The molecule has 0 aromatic heterocycles. The molecule has 0 saturated carbocycles. The van der Waals surface area contributed by atoms with E-state index < -0.39 is 0 Å². The van der Waals surface area contributed by atoms with Crippen molar-refractivity contribution in [3.63, 3.8) is 0 Å². The van der Waals surface area contributed by atoms with Gasteiger partial charge in [0, 0.05) is 36.7 Å². The molecule has 0 bridgehead atoms. The van der Waals surface area contributed by atoms with Gasteiger partial charge in [-0.1, -0.05) is 18.2 Å². The molecule has 2 rings (SSSR count). The van der Waals surface area contributed by atoms with Gasteiger partial charge in [-0.3, -0.25) is 9.69 Å². The molecule has 1 aromatic rings. The van der Waals surface area contributed by atoms with Gasteiger partial charge in [0.2, 0.25) is 0 Å². The molecule has 0 spiro atoms. The molecule has 0 amide bonds. The van der Waals surface area contributed by atoms with Gasteiger partial charge in [-0.25, -0.2) is 0 Å². The lowest BCUT2D eigenvalue weighted by atomic mass is 10.1. The summed E-state index contributed by atoms with van der Waals surface area (Å²) >= 11 is 2.02. The van der Waals surface area contributed by atoms with Crippen LogP contribution in [-0.2, 0) is 6.54 Å². The van der Waals surface area contributed by atoms with E-state index in [1.165, 1.54) is 17.1 Å². The SMILES string of the molecule is O=Cc1cccc(CN2CCSCC2)c1. The Morgan fingerprint density at radius 2 is 2.13 bits per heavy atom. The molecule has 1 aromatic carbocycles. The minimum atomic E-state index is 0.777. The molecule has 80 valence electrons. The Balaban J connectivity index is 1.99. The Bertz CT molecular complexity index is 334. The van der Waals surface area contributed by atoms with Gasteiger partial charge in [-0.05, 0) is 11.6 Å². The van der Waals surface area contributed by atoms with Gasteiger partial charge in [-0.2, -0.15) is 11.8 Å². The zero-order valence-corrected chi connectivity index (χ0v) is 9.50. The van der Waals surface area contributed by atoms with E-state index in [9.17, 15) is 4.79 Å². The molecule has 1 heterocycles. The molecule has 0 aliphatic carbocycles. The molecule has 0 unspecified atom stereocenters. The van der Waals surface area contributed by atoms with Crippen molar-refractivity contribution in [1.29, 1.82) is 0 Å². The highest BCUT2D eigenvalue weighted by molar-refractivity contribution is 7.99. The summed E-state index contributed by atoms with van der Waals surface area (Å²) < 4.78 is 0. The maximum atomic E-state index is 10.6. The summed E-state index contributed by atoms with van der Waals surface area (Å²) in [5.41, 5.74) is 2.02. The van der Waals surface area contributed by atoms with Gasteiger partial charge in [0.1, 0.15) is 6.29 Å². The largest absolute Gasteiger partial charge is 0.298 e. The Labute approximate surface area is 94.7 Å². The quantitative estimate of drug-likeness (QED) is 0.729. The normalized spacial score (nSPS) is 17.6. The van der Waals surface area contributed by atoms with E-state index in [1.807, 2.05) is 30.0 Å².